The van der Waals surface area contributed by atoms with Gasteiger partial charge in [0.15, 0.2) is 23.1 Å². The van der Waals surface area contributed by atoms with Crippen LogP contribution in [0.5, 0.6) is 11.5 Å². The van der Waals surface area contributed by atoms with Gasteiger partial charge in [0.1, 0.15) is 0 Å². The van der Waals surface area contributed by atoms with Crippen molar-refractivity contribution in [2.24, 2.45) is 0 Å². The number of phenolic OH excluding ortho intramolecular Hbond substituents is 1. The van der Waals surface area contributed by atoms with E-state index in [0.717, 1.165) is 6.92 Å². The normalized spacial score (nSPS) is 10.1. The lowest BCUT2D eigenvalue weighted by molar-refractivity contribution is 0.141. The maximum absolute atomic E-state index is 12.9. The van der Waals surface area contributed by atoms with Crippen LogP contribution >= 0.6 is 0 Å². The molecule has 0 saturated carbocycles. The number of hydrogen-bond acceptors (Lipinski definition) is 3. The zero-order chi connectivity index (χ0) is 11.7. The van der Waals surface area contributed by atoms with E-state index in [1.165, 1.54) is 0 Å². The van der Waals surface area contributed by atoms with E-state index in [0.29, 0.717) is 0 Å². The molecule has 0 radical (unpaired) electrons. The molecule has 1 aromatic carbocycles. The summed E-state index contributed by atoms with van der Waals surface area (Å²) in [5, 5.41) is 17.2. The summed E-state index contributed by atoms with van der Waals surface area (Å²) >= 11 is 0. The van der Waals surface area contributed by atoms with Crippen LogP contribution in [0.25, 0.3) is 0 Å². The molecule has 0 bridgehead atoms. The third-order valence-corrected chi connectivity index (χ3v) is 1.67. The molecule has 0 saturated heterocycles. The lowest BCUT2D eigenvalue weighted by atomic mass is 10.2. The molecule has 4 nitrogen and oxygen atoms in total. The zero-order valence-corrected chi connectivity index (χ0v) is 7.34. The molecule has 0 fully saturated rings. The molecule has 0 aliphatic carbocycles. The van der Waals surface area contributed by atoms with Crippen LogP contribution in [0, 0.1) is 24.4 Å². The summed E-state index contributed by atoms with van der Waals surface area (Å²) in [5.74, 6) is -7.73. The average Bonchev–Trinajstić information content (AvgIpc) is 2.18. The molecular weight excluding hydrogens is 217 g/mol. The molecule has 0 spiro atoms. The summed E-state index contributed by atoms with van der Waals surface area (Å²) < 4.78 is 42.2. The van der Waals surface area contributed by atoms with Crippen molar-refractivity contribution in [2.75, 3.05) is 0 Å². The number of rotatable bonds is 1. The van der Waals surface area contributed by atoms with Crippen LogP contribution in [-0.2, 0) is 0 Å². The van der Waals surface area contributed by atoms with Crippen LogP contribution in [0.2, 0.25) is 0 Å². The average molecular weight is 222 g/mol. The molecule has 0 aliphatic rings. The number of carbonyl (C=O) groups is 1. The second kappa shape index (κ2) is 3.68. The monoisotopic (exact) mass is 222 g/mol. The molecule has 7 heteroatoms. The molecule has 1 rings (SSSR count). The maximum atomic E-state index is 12.9. The standard InChI is InChI=1S/C8H5F3O4/c1-2-3(9)4(10)5(11)6(12)7(2)15-8(13)14/h12H,1H3,(H,13,14). The molecule has 0 aliphatic heterocycles. The van der Waals surface area contributed by atoms with Crippen LogP contribution in [0.4, 0.5) is 18.0 Å². The lowest BCUT2D eigenvalue weighted by Gasteiger charge is -2.09. The summed E-state index contributed by atoms with van der Waals surface area (Å²) in [7, 11) is 0. The van der Waals surface area contributed by atoms with Gasteiger partial charge in [0.05, 0.1) is 0 Å². The molecule has 82 valence electrons. The first-order chi connectivity index (χ1) is 6.86. The van der Waals surface area contributed by atoms with E-state index >= 15 is 0 Å². The van der Waals surface area contributed by atoms with E-state index in [1.54, 1.807) is 0 Å². The van der Waals surface area contributed by atoms with Crippen LogP contribution in [0.15, 0.2) is 0 Å². The van der Waals surface area contributed by atoms with E-state index in [1.807, 2.05) is 0 Å². The van der Waals surface area contributed by atoms with Gasteiger partial charge in [-0.05, 0) is 6.92 Å². The zero-order valence-electron chi connectivity index (χ0n) is 7.34. The van der Waals surface area contributed by atoms with Crippen molar-refractivity contribution in [3.63, 3.8) is 0 Å². The van der Waals surface area contributed by atoms with E-state index < -0.39 is 40.7 Å². The number of hydrogen-bond donors (Lipinski definition) is 2. The number of carboxylic acid groups (broad SMARTS) is 1. The molecular formula is C8H5F3O4. The van der Waals surface area contributed by atoms with Crippen LogP contribution in [0.3, 0.4) is 0 Å². The first-order valence-electron chi connectivity index (χ1n) is 3.63. The van der Waals surface area contributed by atoms with Gasteiger partial charge in [-0.15, -0.1) is 0 Å². The van der Waals surface area contributed by atoms with Gasteiger partial charge in [-0.3, -0.25) is 0 Å². The third-order valence-electron chi connectivity index (χ3n) is 1.67. The first kappa shape index (κ1) is 11.2. The summed E-state index contributed by atoms with van der Waals surface area (Å²) in [4.78, 5) is 10.1. The summed E-state index contributed by atoms with van der Waals surface area (Å²) in [5.41, 5.74) is -0.631. The molecule has 0 aromatic heterocycles. The number of halogens is 3. The highest BCUT2D eigenvalue weighted by atomic mass is 19.2. The van der Waals surface area contributed by atoms with Crippen LogP contribution in [-0.4, -0.2) is 16.4 Å². The molecule has 0 atom stereocenters. The Morgan fingerprint density at radius 1 is 1.20 bits per heavy atom. The summed E-state index contributed by atoms with van der Waals surface area (Å²) in [6.07, 6.45) is -1.88. The van der Waals surface area contributed by atoms with Crippen molar-refractivity contribution >= 4 is 6.16 Å². The summed E-state index contributed by atoms with van der Waals surface area (Å²) in [6, 6.07) is 0. The van der Waals surface area contributed by atoms with E-state index in [-0.39, 0.29) is 0 Å². The second-order valence-electron chi connectivity index (χ2n) is 2.61. The van der Waals surface area contributed by atoms with Gasteiger partial charge >= 0.3 is 6.16 Å². The van der Waals surface area contributed by atoms with Crippen molar-refractivity contribution < 1.29 is 32.9 Å². The third kappa shape index (κ3) is 1.80. The van der Waals surface area contributed by atoms with Gasteiger partial charge in [0.25, 0.3) is 0 Å². The topological polar surface area (TPSA) is 66.8 Å². The van der Waals surface area contributed by atoms with Gasteiger partial charge in [-0.1, -0.05) is 0 Å². The molecule has 2 N–H and O–H groups in total. The fourth-order valence-corrected chi connectivity index (χ4v) is 0.954. The smallest absolute Gasteiger partial charge is 0.502 e. The predicted octanol–water partition coefficient (Wildman–Crippen LogP) is 2.17. The van der Waals surface area contributed by atoms with Crippen LogP contribution in [0.1, 0.15) is 5.56 Å². The number of aromatic hydroxyl groups is 1. The Morgan fingerprint density at radius 3 is 2.20 bits per heavy atom. The van der Waals surface area contributed by atoms with Gasteiger partial charge in [-0.2, -0.15) is 4.39 Å². The molecule has 1 aromatic rings. The van der Waals surface area contributed by atoms with Crippen molar-refractivity contribution in [3.05, 3.63) is 23.0 Å². The minimum absolute atomic E-state index is 0.631. The first-order valence-corrected chi connectivity index (χ1v) is 3.63. The van der Waals surface area contributed by atoms with Gasteiger partial charge in [-0.25, -0.2) is 13.6 Å². The quantitative estimate of drug-likeness (QED) is 0.434. The van der Waals surface area contributed by atoms with Crippen LogP contribution < -0.4 is 4.74 Å². The highest BCUT2D eigenvalue weighted by Gasteiger charge is 2.24. The SMILES string of the molecule is Cc1c(F)c(F)c(F)c(O)c1OC(=O)O. The Balaban J connectivity index is 3.45. The fourth-order valence-electron chi connectivity index (χ4n) is 0.954. The van der Waals surface area contributed by atoms with E-state index in [4.69, 9.17) is 10.2 Å². The number of ether oxygens (including phenoxy) is 1. The molecule has 0 unspecified atom stereocenters. The van der Waals surface area contributed by atoms with E-state index in [9.17, 15) is 18.0 Å². The molecule has 15 heavy (non-hydrogen) atoms. The number of benzene rings is 1. The maximum Gasteiger partial charge on any atom is 0.511 e. The molecule has 0 heterocycles. The minimum Gasteiger partial charge on any atom is -0.502 e. The summed E-state index contributed by atoms with van der Waals surface area (Å²) in [6.45, 7) is 0.940. The Labute approximate surface area is 81.5 Å². The minimum atomic E-state index is -1.89. The Kier molecular flexibility index (Phi) is 2.74. The Bertz CT molecular complexity index is 401. The van der Waals surface area contributed by atoms with Crippen molar-refractivity contribution in [1.82, 2.24) is 0 Å². The van der Waals surface area contributed by atoms with Crippen molar-refractivity contribution in [3.8, 4) is 11.5 Å². The van der Waals surface area contributed by atoms with Crippen molar-refractivity contribution in [2.45, 2.75) is 6.92 Å². The van der Waals surface area contributed by atoms with E-state index in [2.05, 4.69) is 4.74 Å². The Hall–Kier alpha value is -1.92. The number of phenols is 1. The highest BCUT2D eigenvalue weighted by Crippen LogP contribution is 2.36. The second-order valence-corrected chi connectivity index (χ2v) is 2.61. The van der Waals surface area contributed by atoms with Gasteiger partial charge < -0.3 is 14.9 Å². The Morgan fingerprint density at radius 2 is 1.73 bits per heavy atom. The lowest BCUT2D eigenvalue weighted by Crippen LogP contribution is -2.07. The van der Waals surface area contributed by atoms with Gasteiger partial charge in [0, 0.05) is 5.56 Å². The molecule has 0 amide bonds. The predicted molar refractivity (Wildman–Crippen MR) is 41.4 cm³/mol. The van der Waals surface area contributed by atoms with Crippen molar-refractivity contribution in [1.29, 1.82) is 0 Å². The van der Waals surface area contributed by atoms with Gasteiger partial charge in [0.2, 0.25) is 5.82 Å². The fraction of sp³-hybridized carbons (Fsp3) is 0.125. The highest BCUT2D eigenvalue weighted by molar-refractivity contribution is 5.64. The largest absolute Gasteiger partial charge is 0.511 e.